The Morgan fingerprint density at radius 2 is 1.95 bits per heavy atom. The molecule has 1 atom stereocenters. The van der Waals surface area contributed by atoms with Crippen molar-refractivity contribution in [1.29, 1.82) is 0 Å². The van der Waals surface area contributed by atoms with Crippen molar-refractivity contribution in [2.45, 2.75) is 13.0 Å². The topological polar surface area (TPSA) is 77.9 Å². The van der Waals surface area contributed by atoms with Crippen LogP contribution in [0.5, 0.6) is 0 Å². The largest absolute Gasteiger partial charge is 0.464 e. The highest BCUT2D eigenvalue weighted by molar-refractivity contribution is 6.31. The van der Waals surface area contributed by atoms with Crippen LogP contribution < -0.4 is 4.90 Å². The zero-order chi connectivity index (χ0) is 15.4. The zero-order valence-electron chi connectivity index (χ0n) is 11.3. The molecule has 1 amide bonds. The van der Waals surface area contributed by atoms with Crippen LogP contribution in [0.1, 0.15) is 17.2 Å². The molecule has 0 radical (unpaired) electrons. The van der Waals surface area contributed by atoms with Crippen molar-refractivity contribution >= 4 is 35.6 Å². The molecule has 0 spiro atoms. The number of hydrogen-bond donors (Lipinski definition) is 1. The molecule has 1 aromatic rings. The van der Waals surface area contributed by atoms with Gasteiger partial charge in [-0.1, -0.05) is 12.1 Å². The Bertz CT molecular complexity index is 545. The molecule has 20 heavy (non-hydrogen) atoms. The number of Topliss-reactive ketones (excluding diaryl/α,β-unsaturated/α-hetero) is 1. The van der Waals surface area contributed by atoms with Gasteiger partial charge in [-0.2, -0.15) is 0 Å². The monoisotopic (exact) mass is 298 g/mol. The fourth-order valence-corrected chi connectivity index (χ4v) is 2.14. The van der Waals surface area contributed by atoms with Crippen LogP contribution in [0.3, 0.4) is 0 Å². The van der Waals surface area contributed by atoms with E-state index in [1.54, 1.807) is 18.2 Å². The Balaban J connectivity index is 3.28. The van der Waals surface area contributed by atoms with Crippen molar-refractivity contribution in [1.82, 2.24) is 4.42 Å². The van der Waals surface area contributed by atoms with E-state index in [1.807, 2.05) is 25.9 Å². The maximum absolute atomic E-state index is 11.6. The molecular weight excluding hydrogens is 284 g/mol. The predicted octanol–water partition coefficient (Wildman–Crippen LogP) is 2.00. The average molecular weight is 299 g/mol. The minimum Gasteiger partial charge on any atom is -0.464 e. The van der Waals surface area contributed by atoms with Crippen molar-refractivity contribution < 1.29 is 19.5 Å². The van der Waals surface area contributed by atoms with E-state index in [4.69, 9.17) is 16.9 Å². The number of halogens is 1. The quantitative estimate of drug-likeness (QED) is 0.511. The Morgan fingerprint density at radius 1 is 1.35 bits per heavy atom. The number of amides is 1. The number of benzene rings is 1. The highest BCUT2D eigenvalue weighted by Crippen LogP contribution is 2.28. The molecule has 0 fully saturated rings. The highest BCUT2D eigenvalue weighted by atomic mass is 35.5. The first kappa shape index (κ1) is 16.0. The van der Waals surface area contributed by atoms with E-state index >= 15 is 0 Å². The van der Waals surface area contributed by atoms with Gasteiger partial charge in [0.2, 0.25) is 5.78 Å². The first-order chi connectivity index (χ1) is 9.29. The van der Waals surface area contributed by atoms with Crippen molar-refractivity contribution in [2.75, 3.05) is 19.0 Å². The predicted molar refractivity (Wildman–Crippen MR) is 75.0 cm³/mol. The summed E-state index contributed by atoms with van der Waals surface area (Å²) in [6.07, 6.45) is -1.43. The highest BCUT2D eigenvalue weighted by Gasteiger charge is 2.30. The van der Waals surface area contributed by atoms with Gasteiger partial charge in [-0.15, -0.1) is 0 Å². The molecule has 0 aliphatic rings. The second-order valence-corrected chi connectivity index (χ2v) is 4.82. The van der Waals surface area contributed by atoms with E-state index in [0.29, 0.717) is 9.98 Å². The summed E-state index contributed by atoms with van der Waals surface area (Å²) in [5.41, 5.74) is 2.11. The molecule has 0 bridgehead atoms. The third-order valence-corrected chi connectivity index (χ3v) is 3.15. The molecule has 108 valence electrons. The summed E-state index contributed by atoms with van der Waals surface area (Å²) < 4.78 is 0.306. The summed E-state index contributed by atoms with van der Waals surface area (Å²) in [5, 5.41) is 8.89. The number of carbonyl (C=O) groups excluding carboxylic acids is 2. The van der Waals surface area contributed by atoms with Crippen LogP contribution in [0.4, 0.5) is 10.5 Å². The van der Waals surface area contributed by atoms with E-state index in [9.17, 15) is 14.4 Å². The van der Waals surface area contributed by atoms with E-state index in [1.165, 1.54) is 0 Å². The van der Waals surface area contributed by atoms with Crippen LogP contribution >= 0.6 is 11.8 Å². The van der Waals surface area contributed by atoms with E-state index in [0.717, 1.165) is 11.3 Å². The second-order valence-electron chi connectivity index (χ2n) is 4.46. The summed E-state index contributed by atoms with van der Waals surface area (Å²) >= 11 is 5.59. The van der Waals surface area contributed by atoms with Crippen molar-refractivity contribution in [2.24, 2.45) is 0 Å². The van der Waals surface area contributed by atoms with E-state index < -0.39 is 17.9 Å². The van der Waals surface area contributed by atoms with Crippen molar-refractivity contribution in [3.8, 4) is 0 Å². The molecule has 1 aromatic carbocycles. The fourth-order valence-electron chi connectivity index (χ4n) is 1.93. The Kier molecular flexibility index (Phi) is 5.10. The summed E-state index contributed by atoms with van der Waals surface area (Å²) in [5.74, 6) is -0.917. The van der Waals surface area contributed by atoms with Gasteiger partial charge >= 0.3 is 6.09 Å². The summed E-state index contributed by atoms with van der Waals surface area (Å²) in [4.78, 5) is 35.1. The van der Waals surface area contributed by atoms with Gasteiger partial charge in [-0.3, -0.25) is 9.59 Å². The van der Waals surface area contributed by atoms with Crippen molar-refractivity contribution in [3.05, 3.63) is 29.3 Å². The van der Waals surface area contributed by atoms with Crippen LogP contribution in [-0.4, -0.2) is 41.8 Å². The molecule has 1 rings (SSSR count). The molecule has 7 heteroatoms. The van der Waals surface area contributed by atoms with E-state index in [2.05, 4.69) is 0 Å². The fraction of sp³-hybridized carbons (Fsp3) is 0.308. The van der Waals surface area contributed by atoms with Gasteiger partial charge in [-0.05, 0) is 24.1 Å². The Hall–Kier alpha value is -2.08. The van der Waals surface area contributed by atoms with Crippen LogP contribution in [0.2, 0.25) is 0 Å². The lowest BCUT2D eigenvalue weighted by molar-refractivity contribution is -0.132. The van der Waals surface area contributed by atoms with Gasteiger partial charge < -0.3 is 10.0 Å². The SMILES string of the molecule is Cc1cc(C(C(=O)C=O)N(Cl)C(=O)O)ccc1N(C)C. The van der Waals surface area contributed by atoms with Gasteiger partial charge in [0.15, 0.2) is 6.29 Å². The maximum Gasteiger partial charge on any atom is 0.423 e. The molecule has 0 saturated carbocycles. The number of hydrogen-bond acceptors (Lipinski definition) is 4. The minimum absolute atomic E-state index is 0.0676. The minimum atomic E-state index is -1.50. The molecule has 1 unspecified atom stereocenters. The molecule has 6 nitrogen and oxygen atoms in total. The molecule has 0 aromatic heterocycles. The summed E-state index contributed by atoms with van der Waals surface area (Å²) in [6.45, 7) is 1.82. The van der Waals surface area contributed by atoms with Gasteiger partial charge in [-0.25, -0.2) is 9.21 Å². The Morgan fingerprint density at radius 3 is 2.35 bits per heavy atom. The summed E-state index contributed by atoms with van der Waals surface area (Å²) in [6, 6.07) is 3.61. The molecule has 0 heterocycles. The lowest BCUT2D eigenvalue weighted by Gasteiger charge is -2.22. The summed E-state index contributed by atoms with van der Waals surface area (Å²) in [7, 11) is 3.72. The molecule has 0 saturated heterocycles. The third-order valence-electron chi connectivity index (χ3n) is 2.81. The number of carbonyl (C=O) groups is 3. The number of carboxylic acid groups (broad SMARTS) is 1. The molecule has 1 N–H and O–H groups in total. The van der Waals surface area contributed by atoms with E-state index in [-0.39, 0.29) is 6.29 Å². The number of aldehydes is 1. The zero-order valence-corrected chi connectivity index (χ0v) is 12.1. The first-order valence-corrected chi connectivity index (χ1v) is 6.08. The smallest absolute Gasteiger partial charge is 0.423 e. The number of aryl methyl sites for hydroxylation is 1. The number of rotatable bonds is 5. The van der Waals surface area contributed by atoms with Crippen LogP contribution in [0.15, 0.2) is 18.2 Å². The number of ketones is 1. The lowest BCUT2D eigenvalue weighted by Crippen LogP contribution is -2.31. The third kappa shape index (κ3) is 3.27. The Labute approximate surface area is 121 Å². The van der Waals surface area contributed by atoms with Gasteiger partial charge in [0.1, 0.15) is 6.04 Å². The molecular formula is C13H15ClN2O4. The number of anilines is 1. The van der Waals surface area contributed by atoms with Gasteiger partial charge in [0.25, 0.3) is 0 Å². The van der Waals surface area contributed by atoms with Crippen LogP contribution in [-0.2, 0) is 9.59 Å². The normalized spacial score (nSPS) is 11.6. The van der Waals surface area contributed by atoms with Crippen LogP contribution in [0, 0.1) is 6.92 Å². The lowest BCUT2D eigenvalue weighted by atomic mass is 10.00. The second kappa shape index (κ2) is 6.38. The van der Waals surface area contributed by atoms with Gasteiger partial charge in [0.05, 0.1) is 0 Å². The molecule has 0 aliphatic carbocycles. The average Bonchev–Trinajstić information content (AvgIpc) is 2.38. The van der Waals surface area contributed by atoms with Crippen molar-refractivity contribution in [3.63, 3.8) is 0 Å². The van der Waals surface area contributed by atoms with Crippen LogP contribution in [0.25, 0.3) is 0 Å². The first-order valence-electron chi connectivity index (χ1n) is 5.74. The number of nitrogens with zero attached hydrogens (tertiary/aromatic N) is 2. The maximum atomic E-state index is 11.6. The van der Waals surface area contributed by atoms with Gasteiger partial charge in [0, 0.05) is 31.6 Å². The standard InChI is InChI=1S/C13H15ClN2O4/c1-8-6-9(4-5-10(8)15(2)3)12(11(18)7-17)16(14)13(19)20/h4-7,12H,1-3H3,(H,19,20). The molecule has 0 aliphatic heterocycles.